The Hall–Kier alpha value is -1.94. The number of nitrogens with one attached hydrogen (secondary N) is 1. The van der Waals surface area contributed by atoms with E-state index in [1.807, 2.05) is 18.2 Å². The molecule has 0 aliphatic carbocycles. The minimum Gasteiger partial charge on any atom is -0.408 e. The number of fused-ring (bicyclic) bond motifs is 1. The highest BCUT2D eigenvalue weighted by Crippen LogP contribution is 2.38. The fraction of sp³-hybridized carbons (Fsp3) is 0. The predicted molar refractivity (Wildman–Crippen MR) is 95.1 cm³/mol. The van der Waals surface area contributed by atoms with Crippen molar-refractivity contribution >= 4 is 57.4 Å². The monoisotopic (exact) mass is 365 g/mol. The Balaban J connectivity index is 1.93. The standard InChI is InChI=1S/C17H10Cl3NO2/c18-12-7-3-4-8-15(12)21-17(22)23-16-11-6-2-1-5-10(11)13(19)9-14(16)20/h1-9H,(H,21,22). The smallest absolute Gasteiger partial charge is 0.408 e. The van der Waals surface area contributed by atoms with Gasteiger partial charge in [-0.1, -0.05) is 71.2 Å². The first kappa shape index (κ1) is 15.9. The number of ether oxygens (including phenoxy) is 1. The van der Waals surface area contributed by atoms with Gasteiger partial charge in [-0.3, -0.25) is 5.32 Å². The van der Waals surface area contributed by atoms with Crippen LogP contribution in [0.25, 0.3) is 10.8 Å². The number of carbonyl (C=O) groups excluding carboxylic acids is 1. The number of amides is 1. The van der Waals surface area contributed by atoms with Crippen molar-refractivity contribution in [2.45, 2.75) is 0 Å². The molecule has 116 valence electrons. The van der Waals surface area contributed by atoms with Gasteiger partial charge in [0.1, 0.15) is 0 Å². The SMILES string of the molecule is O=C(Nc1ccccc1Cl)Oc1c(Cl)cc(Cl)c2ccccc12. The topological polar surface area (TPSA) is 38.3 Å². The summed E-state index contributed by atoms with van der Waals surface area (Å²) in [6, 6.07) is 15.7. The molecule has 0 bridgehead atoms. The van der Waals surface area contributed by atoms with Crippen LogP contribution >= 0.6 is 34.8 Å². The number of halogens is 3. The van der Waals surface area contributed by atoms with Gasteiger partial charge in [0.05, 0.1) is 20.8 Å². The normalized spacial score (nSPS) is 10.6. The Morgan fingerprint density at radius 3 is 2.22 bits per heavy atom. The molecule has 0 radical (unpaired) electrons. The second kappa shape index (κ2) is 6.67. The average molecular weight is 367 g/mol. The van der Waals surface area contributed by atoms with Gasteiger partial charge < -0.3 is 4.74 Å². The van der Waals surface area contributed by atoms with Crippen LogP contribution < -0.4 is 10.1 Å². The van der Waals surface area contributed by atoms with Crippen molar-refractivity contribution in [2.24, 2.45) is 0 Å². The molecule has 0 saturated carbocycles. The fourth-order valence-corrected chi connectivity index (χ4v) is 2.93. The van der Waals surface area contributed by atoms with Crippen LogP contribution in [0.4, 0.5) is 10.5 Å². The van der Waals surface area contributed by atoms with Crippen LogP contribution in [0.1, 0.15) is 0 Å². The van der Waals surface area contributed by atoms with E-state index in [-0.39, 0.29) is 10.8 Å². The Morgan fingerprint density at radius 1 is 0.826 bits per heavy atom. The summed E-state index contributed by atoms with van der Waals surface area (Å²) in [5.41, 5.74) is 0.452. The molecule has 0 fully saturated rings. The number of benzene rings is 3. The summed E-state index contributed by atoms with van der Waals surface area (Å²) in [5.74, 6) is 0.247. The summed E-state index contributed by atoms with van der Waals surface area (Å²) in [6.45, 7) is 0. The maximum atomic E-state index is 12.1. The van der Waals surface area contributed by atoms with Crippen LogP contribution in [-0.2, 0) is 0 Å². The number of para-hydroxylation sites is 1. The molecule has 1 N–H and O–H groups in total. The van der Waals surface area contributed by atoms with Crippen LogP contribution in [0.3, 0.4) is 0 Å². The van der Waals surface area contributed by atoms with Crippen LogP contribution in [0.15, 0.2) is 54.6 Å². The summed E-state index contributed by atoms with van der Waals surface area (Å²) in [7, 11) is 0. The van der Waals surface area contributed by atoms with Crippen molar-refractivity contribution < 1.29 is 9.53 Å². The predicted octanol–water partition coefficient (Wildman–Crippen LogP) is 6.41. The first-order valence-electron chi connectivity index (χ1n) is 6.66. The van der Waals surface area contributed by atoms with E-state index in [1.165, 1.54) is 0 Å². The Labute approximate surface area is 147 Å². The van der Waals surface area contributed by atoms with E-state index in [2.05, 4.69) is 5.32 Å². The van der Waals surface area contributed by atoms with E-state index in [0.29, 0.717) is 21.1 Å². The zero-order valence-electron chi connectivity index (χ0n) is 11.6. The van der Waals surface area contributed by atoms with E-state index >= 15 is 0 Å². The van der Waals surface area contributed by atoms with Gasteiger partial charge in [0.25, 0.3) is 0 Å². The van der Waals surface area contributed by atoms with Crippen molar-refractivity contribution in [3.8, 4) is 5.75 Å². The third kappa shape index (κ3) is 3.37. The fourth-order valence-electron chi connectivity index (χ4n) is 2.17. The summed E-state index contributed by atoms with van der Waals surface area (Å²) in [5, 5.41) is 5.14. The number of rotatable bonds is 2. The van der Waals surface area contributed by atoms with Gasteiger partial charge in [-0.2, -0.15) is 0 Å². The second-order valence-electron chi connectivity index (χ2n) is 4.71. The quantitative estimate of drug-likeness (QED) is 0.569. The molecule has 0 aliphatic rings. The van der Waals surface area contributed by atoms with Crippen LogP contribution in [0.2, 0.25) is 15.1 Å². The molecule has 3 nitrogen and oxygen atoms in total. The van der Waals surface area contributed by atoms with Crippen LogP contribution in [0, 0.1) is 0 Å². The van der Waals surface area contributed by atoms with E-state index < -0.39 is 6.09 Å². The molecule has 6 heteroatoms. The molecule has 1 amide bonds. The molecule has 0 saturated heterocycles. The van der Waals surface area contributed by atoms with Gasteiger partial charge in [0.2, 0.25) is 0 Å². The summed E-state index contributed by atoms with van der Waals surface area (Å²) in [4.78, 5) is 12.1. The third-order valence-corrected chi connectivity index (χ3v) is 4.13. The molecule has 23 heavy (non-hydrogen) atoms. The van der Waals surface area contributed by atoms with E-state index in [9.17, 15) is 4.79 Å². The molecule has 0 unspecified atom stereocenters. The number of hydrogen-bond acceptors (Lipinski definition) is 2. The molecule has 3 aromatic rings. The number of carbonyl (C=O) groups is 1. The maximum absolute atomic E-state index is 12.1. The molecule has 3 aromatic carbocycles. The Morgan fingerprint density at radius 2 is 1.48 bits per heavy atom. The molecular weight excluding hydrogens is 357 g/mol. The summed E-state index contributed by atoms with van der Waals surface area (Å²) < 4.78 is 5.37. The molecule has 3 rings (SSSR count). The van der Waals surface area contributed by atoms with Crippen molar-refractivity contribution in [1.82, 2.24) is 0 Å². The van der Waals surface area contributed by atoms with E-state index in [0.717, 1.165) is 5.39 Å². The first-order chi connectivity index (χ1) is 11.1. The van der Waals surface area contributed by atoms with E-state index in [1.54, 1.807) is 36.4 Å². The average Bonchev–Trinajstić information content (AvgIpc) is 2.54. The van der Waals surface area contributed by atoms with Gasteiger partial charge in [-0.05, 0) is 18.2 Å². The molecule has 0 aromatic heterocycles. The number of anilines is 1. The summed E-state index contributed by atoms with van der Waals surface area (Å²) in [6.07, 6.45) is -0.688. The summed E-state index contributed by atoms with van der Waals surface area (Å²) >= 11 is 18.3. The minimum atomic E-state index is -0.688. The highest BCUT2D eigenvalue weighted by molar-refractivity contribution is 6.40. The second-order valence-corrected chi connectivity index (χ2v) is 5.93. The van der Waals surface area contributed by atoms with Gasteiger partial charge in [0.15, 0.2) is 5.75 Å². The molecule has 0 spiro atoms. The molecular formula is C17H10Cl3NO2. The molecule has 0 aliphatic heterocycles. The zero-order chi connectivity index (χ0) is 16.4. The van der Waals surface area contributed by atoms with Crippen molar-refractivity contribution in [2.75, 3.05) is 5.32 Å². The highest BCUT2D eigenvalue weighted by Gasteiger charge is 2.15. The first-order valence-corrected chi connectivity index (χ1v) is 7.80. The molecule has 0 heterocycles. The highest BCUT2D eigenvalue weighted by atomic mass is 35.5. The van der Waals surface area contributed by atoms with Gasteiger partial charge >= 0.3 is 6.09 Å². The lowest BCUT2D eigenvalue weighted by molar-refractivity contribution is 0.216. The lowest BCUT2D eigenvalue weighted by Gasteiger charge is -2.12. The lowest BCUT2D eigenvalue weighted by Crippen LogP contribution is -2.17. The van der Waals surface area contributed by atoms with Crippen LogP contribution in [0.5, 0.6) is 5.75 Å². The lowest BCUT2D eigenvalue weighted by atomic mass is 10.1. The van der Waals surface area contributed by atoms with Crippen LogP contribution in [-0.4, -0.2) is 6.09 Å². The third-order valence-electron chi connectivity index (χ3n) is 3.20. The molecule has 0 atom stereocenters. The maximum Gasteiger partial charge on any atom is 0.417 e. The minimum absolute atomic E-state index is 0.247. The van der Waals surface area contributed by atoms with Crippen molar-refractivity contribution in [3.05, 3.63) is 69.7 Å². The van der Waals surface area contributed by atoms with Gasteiger partial charge in [-0.25, -0.2) is 4.79 Å². The van der Waals surface area contributed by atoms with E-state index in [4.69, 9.17) is 39.5 Å². The van der Waals surface area contributed by atoms with Crippen molar-refractivity contribution in [1.29, 1.82) is 0 Å². The Kier molecular flexibility index (Phi) is 4.62. The van der Waals surface area contributed by atoms with Crippen molar-refractivity contribution in [3.63, 3.8) is 0 Å². The van der Waals surface area contributed by atoms with Gasteiger partial charge in [-0.15, -0.1) is 0 Å². The largest absolute Gasteiger partial charge is 0.417 e. The zero-order valence-corrected chi connectivity index (χ0v) is 13.9. The number of hydrogen-bond donors (Lipinski definition) is 1. The Bertz CT molecular complexity index is 896. The van der Waals surface area contributed by atoms with Gasteiger partial charge in [0, 0.05) is 10.8 Å².